The predicted octanol–water partition coefficient (Wildman–Crippen LogP) is 3.18. The number of aryl methyl sites for hydroxylation is 1. The summed E-state index contributed by atoms with van der Waals surface area (Å²) in [7, 11) is 1.79. The second-order valence-corrected chi connectivity index (χ2v) is 8.19. The van der Waals surface area contributed by atoms with Crippen LogP contribution in [0, 0.1) is 13.8 Å². The largest absolute Gasteiger partial charge is 0.367 e. The highest BCUT2D eigenvalue weighted by molar-refractivity contribution is 6.33. The number of nitrogens with zero attached hydrogens (tertiary/aromatic N) is 3. The molecule has 6 nitrogen and oxygen atoms in total. The van der Waals surface area contributed by atoms with Crippen LogP contribution in [0.1, 0.15) is 11.1 Å². The summed E-state index contributed by atoms with van der Waals surface area (Å²) in [6.45, 7) is 7.16. The Balaban J connectivity index is 1.46. The molecule has 0 radical (unpaired) electrons. The minimum Gasteiger partial charge on any atom is -0.367 e. The van der Waals surface area contributed by atoms with Crippen molar-refractivity contribution in [1.82, 2.24) is 9.80 Å². The molecule has 1 aliphatic heterocycles. The molecular weight excluding hydrogens is 400 g/mol. The van der Waals surface area contributed by atoms with Crippen LogP contribution in [0.2, 0.25) is 5.02 Å². The van der Waals surface area contributed by atoms with Gasteiger partial charge in [-0.3, -0.25) is 14.5 Å². The van der Waals surface area contributed by atoms with Crippen molar-refractivity contribution in [2.45, 2.75) is 13.8 Å². The fourth-order valence-electron chi connectivity index (χ4n) is 3.61. The molecule has 1 heterocycles. The summed E-state index contributed by atoms with van der Waals surface area (Å²) >= 11 is 6.28. The molecule has 0 aromatic heterocycles. The zero-order valence-corrected chi connectivity index (χ0v) is 18.6. The fourth-order valence-corrected chi connectivity index (χ4v) is 3.87. The maximum atomic E-state index is 12.7. The molecule has 0 bridgehead atoms. The van der Waals surface area contributed by atoms with Crippen molar-refractivity contribution < 1.29 is 9.59 Å². The third kappa shape index (κ3) is 5.52. The van der Waals surface area contributed by atoms with Gasteiger partial charge in [-0.05, 0) is 50.2 Å². The van der Waals surface area contributed by atoms with E-state index in [1.165, 1.54) is 0 Å². The van der Waals surface area contributed by atoms with Crippen LogP contribution >= 0.6 is 11.6 Å². The van der Waals surface area contributed by atoms with E-state index in [1.807, 2.05) is 61.2 Å². The standard InChI is InChI=1S/C23H29ClN4O2/c1-17-7-6-9-20(18(17)2)25-22(29)15-26(3)16-23(30)28-13-11-27(12-14-28)21-10-5-4-8-19(21)24/h4-10H,11-16H2,1-3H3,(H,25,29). The van der Waals surface area contributed by atoms with Gasteiger partial charge >= 0.3 is 0 Å². The molecule has 160 valence electrons. The number of carbonyl (C=O) groups excluding carboxylic acids is 2. The maximum Gasteiger partial charge on any atom is 0.238 e. The average Bonchev–Trinajstić information content (AvgIpc) is 2.72. The highest BCUT2D eigenvalue weighted by Gasteiger charge is 2.23. The number of likely N-dealkylation sites (N-methyl/N-ethyl adjacent to an activating group) is 1. The van der Waals surface area contributed by atoms with Crippen LogP contribution < -0.4 is 10.2 Å². The first-order valence-electron chi connectivity index (χ1n) is 10.2. The van der Waals surface area contributed by atoms with Crippen molar-refractivity contribution >= 4 is 34.8 Å². The molecule has 0 saturated carbocycles. The Kier molecular flexibility index (Phi) is 7.34. The molecule has 0 aliphatic carbocycles. The highest BCUT2D eigenvalue weighted by Crippen LogP contribution is 2.26. The van der Waals surface area contributed by atoms with Gasteiger partial charge in [-0.15, -0.1) is 0 Å². The van der Waals surface area contributed by atoms with Crippen LogP contribution in [-0.4, -0.2) is 67.9 Å². The van der Waals surface area contributed by atoms with E-state index < -0.39 is 0 Å². The first kappa shape index (κ1) is 22.1. The summed E-state index contributed by atoms with van der Waals surface area (Å²) in [5, 5.41) is 3.67. The number of amides is 2. The summed E-state index contributed by atoms with van der Waals surface area (Å²) in [6, 6.07) is 13.6. The molecule has 0 spiro atoms. The van der Waals surface area contributed by atoms with Gasteiger partial charge < -0.3 is 15.1 Å². The van der Waals surface area contributed by atoms with Crippen molar-refractivity contribution in [2.75, 3.05) is 56.5 Å². The Bertz CT molecular complexity index is 910. The molecule has 30 heavy (non-hydrogen) atoms. The van der Waals surface area contributed by atoms with Gasteiger partial charge in [0.15, 0.2) is 0 Å². The number of para-hydroxylation sites is 1. The average molecular weight is 429 g/mol. The topological polar surface area (TPSA) is 55.9 Å². The lowest BCUT2D eigenvalue weighted by molar-refractivity contribution is -0.132. The molecule has 1 fully saturated rings. The lowest BCUT2D eigenvalue weighted by Gasteiger charge is -2.37. The summed E-state index contributed by atoms with van der Waals surface area (Å²) in [5.41, 5.74) is 4.01. The van der Waals surface area contributed by atoms with Crippen molar-refractivity contribution in [1.29, 1.82) is 0 Å². The second-order valence-electron chi connectivity index (χ2n) is 7.79. The van der Waals surface area contributed by atoms with Crippen LogP contribution in [0.15, 0.2) is 42.5 Å². The van der Waals surface area contributed by atoms with Crippen LogP contribution in [0.3, 0.4) is 0 Å². The number of rotatable bonds is 6. The number of hydrogen-bond acceptors (Lipinski definition) is 4. The van der Waals surface area contributed by atoms with Crippen LogP contribution in [0.5, 0.6) is 0 Å². The van der Waals surface area contributed by atoms with Crippen molar-refractivity contribution in [3.05, 3.63) is 58.6 Å². The Morgan fingerprint density at radius 2 is 1.70 bits per heavy atom. The minimum absolute atomic E-state index is 0.0378. The smallest absolute Gasteiger partial charge is 0.238 e. The molecule has 2 amide bonds. The lowest BCUT2D eigenvalue weighted by atomic mass is 10.1. The van der Waals surface area contributed by atoms with E-state index >= 15 is 0 Å². The van der Waals surface area contributed by atoms with Gasteiger partial charge in [0.1, 0.15) is 0 Å². The summed E-state index contributed by atoms with van der Waals surface area (Å²) in [5.74, 6) is -0.0848. The van der Waals surface area contributed by atoms with Crippen LogP contribution in [0.25, 0.3) is 0 Å². The second kappa shape index (κ2) is 9.96. The minimum atomic E-state index is -0.123. The van der Waals surface area contributed by atoms with E-state index in [9.17, 15) is 9.59 Å². The van der Waals surface area contributed by atoms with Crippen LogP contribution in [-0.2, 0) is 9.59 Å². The van der Waals surface area contributed by atoms with Crippen molar-refractivity contribution in [3.63, 3.8) is 0 Å². The highest BCUT2D eigenvalue weighted by atomic mass is 35.5. The molecule has 2 aromatic rings. The van der Waals surface area contributed by atoms with Crippen molar-refractivity contribution in [2.24, 2.45) is 0 Å². The number of nitrogens with one attached hydrogen (secondary N) is 1. The first-order chi connectivity index (χ1) is 14.3. The number of piperazine rings is 1. The van der Waals surface area contributed by atoms with E-state index in [-0.39, 0.29) is 24.9 Å². The number of hydrogen-bond donors (Lipinski definition) is 1. The Labute approximate surface area is 183 Å². The van der Waals surface area contributed by atoms with Crippen molar-refractivity contribution in [3.8, 4) is 0 Å². The summed E-state index contributed by atoms with van der Waals surface area (Å²) in [4.78, 5) is 30.9. The fraction of sp³-hybridized carbons (Fsp3) is 0.391. The molecule has 1 saturated heterocycles. The van der Waals surface area contributed by atoms with Gasteiger partial charge in [-0.1, -0.05) is 35.9 Å². The molecule has 2 aromatic carbocycles. The monoisotopic (exact) mass is 428 g/mol. The first-order valence-corrected chi connectivity index (χ1v) is 10.5. The molecular formula is C23H29ClN4O2. The summed E-state index contributed by atoms with van der Waals surface area (Å²) in [6.07, 6.45) is 0. The Morgan fingerprint density at radius 1 is 1.00 bits per heavy atom. The lowest BCUT2D eigenvalue weighted by Crippen LogP contribution is -2.51. The third-order valence-electron chi connectivity index (χ3n) is 5.52. The van der Waals surface area contributed by atoms with Gasteiger partial charge in [0, 0.05) is 31.9 Å². The number of carbonyl (C=O) groups is 2. The zero-order valence-electron chi connectivity index (χ0n) is 17.8. The molecule has 0 unspecified atom stereocenters. The van der Waals surface area contributed by atoms with E-state index in [1.54, 1.807) is 11.9 Å². The molecule has 1 N–H and O–H groups in total. The zero-order chi connectivity index (χ0) is 21.7. The van der Waals surface area contributed by atoms with Gasteiger partial charge in [0.2, 0.25) is 11.8 Å². The molecule has 0 atom stereocenters. The van der Waals surface area contributed by atoms with E-state index in [4.69, 9.17) is 11.6 Å². The quantitative estimate of drug-likeness (QED) is 0.767. The van der Waals surface area contributed by atoms with Gasteiger partial charge in [0.25, 0.3) is 0 Å². The number of halogens is 1. The third-order valence-corrected chi connectivity index (χ3v) is 5.84. The van der Waals surface area contributed by atoms with Gasteiger partial charge in [-0.2, -0.15) is 0 Å². The van der Waals surface area contributed by atoms with Crippen LogP contribution in [0.4, 0.5) is 11.4 Å². The summed E-state index contributed by atoms with van der Waals surface area (Å²) < 4.78 is 0. The normalized spacial score (nSPS) is 14.2. The Hall–Kier alpha value is -2.57. The van der Waals surface area contributed by atoms with E-state index in [2.05, 4.69) is 10.2 Å². The predicted molar refractivity (Wildman–Crippen MR) is 122 cm³/mol. The number of anilines is 2. The Morgan fingerprint density at radius 3 is 2.40 bits per heavy atom. The molecule has 7 heteroatoms. The maximum absolute atomic E-state index is 12.7. The molecule has 3 rings (SSSR count). The molecule has 1 aliphatic rings. The van der Waals surface area contributed by atoms with E-state index in [0.29, 0.717) is 13.1 Å². The SMILES string of the molecule is Cc1cccc(NC(=O)CN(C)CC(=O)N2CCN(c3ccccc3Cl)CC2)c1C. The van der Waals surface area contributed by atoms with Gasteiger partial charge in [0.05, 0.1) is 23.8 Å². The van der Waals surface area contributed by atoms with Gasteiger partial charge in [-0.25, -0.2) is 0 Å². The number of benzene rings is 2. The van der Waals surface area contributed by atoms with E-state index in [0.717, 1.165) is 40.6 Å².